The fourth-order valence-corrected chi connectivity index (χ4v) is 2.86. The maximum Gasteiger partial charge on any atom is 0.335 e. The highest BCUT2D eigenvalue weighted by atomic mass is 32.2. The topological polar surface area (TPSA) is 83.5 Å². The molecular weight excluding hydrogens is 278 g/mol. The molecule has 0 saturated heterocycles. The lowest BCUT2D eigenvalue weighted by atomic mass is 10.2. The molecule has 0 fully saturated rings. The number of para-hydroxylation sites is 1. The van der Waals surface area contributed by atoms with Crippen molar-refractivity contribution in [3.8, 4) is 0 Å². The zero-order chi connectivity index (χ0) is 14.8. The van der Waals surface area contributed by atoms with E-state index in [0.717, 1.165) is 11.6 Å². The van der Waals surface area contributed by atoms with Gasteiger partial charge >= 0.3 is 5.97 Å². The molecule has 104 valence electrons. The van der Waals surface area contributed by atoms with Gasteiger partial charge in [0.1, 0.15) is 0 Å². The number of carbonyl (C=O) groups is 1. The summed E-state index contributed by atoms with van der Waals surface area (Å²) in [7, 11) is -3.81. The summed E-state index contributed by atoms with van der Waals surface area (Å²) in [6.07, 6.45) is 0. The van der Waals surface area contributed by atoms with Crippen LogP contribution in [-0.2, 0) is 10.0 Å². The van der Waals surface area contributed by atoms with Crippen molar-refractivity contribution < 1.29 is 18.3 Å². The van der Waals surface area contributed by atoms with Crippen molar-refractivity contribution in [2.45, 2.75) is 11.8 Å². The number of carboxylic acid groups (broad SMARTS) is 1. The first-order chi connectivity index (χ1) is 9.40. The Kier molecular flexibility index (Phi) is 3.76. The summed E-state index contributed by atoms with van der Waals surface area (Å²) < 4.78 is 26.9. The number of hydrogen-bond acceptors (Lipinski definition) is 3. The average molecular weight is 291 g/mol. The normalized spacial score (nSPS) is 11.1. The quantitative estimate of drug-likeness (QED) is 0.906. The molecule has 6 heteroatoms. The van der Waals surface area contributed by atoms with Gasteiger partial charge in [0.05, 0.1) is 16.1 Å². The van der Waals surface area contributed by atoms with Crippen molar-refractivity contribution in [3.05, 3.63) is 59.7 Å². The zero-order valence-corrected chi connectivity index (χ0v) is 11.5. The Morgan fingerprint density at radius 2 is 1.80 bits per heavy atom. The van der Waals surface area contributed by atoms with Crippen LogP contribution in [0.3, 0.4) is 0 Å². The van der Waals surface area contributed by atoms with Gasteiger partial charge in [0.25, 0.3) is 10.0 Å². The molecule has 0 heterocycles. The minimum absolute atomic E-state index is 0.0716. The molecule has 2 rings (SSSR count). The van der Waals surface area contributed by atoms with E-state index in [-0.39, 0.29) is 10.5 Å². The molecule has 0 atom stereocenters. The summed E-state index contributed by atoms with van der Waals surface area (Å²) >= 11 is 0. The molecule has 0 radical (unpaired) electrons. The Bertz CT molecular complexity index is 753. The summed E-state index contributed by atoms with van der Waals surface area (Å²) in [5.41, 5.74) is 1.18. The molecule has 2 aromatic carbocycles. The number of sulfonamides is 1. The van der Waals surface area contributed by atoms with Gasteiger partial charge in [0, 0.05) is 0 Å². The Balaban J connectivity index is 2.38. The lowest BCUT2D eigenvalue weighted by molar-refractivity contribution is 0.0696. The number of anilines is 1. The first-order valence-corrected chi connectivity index (χ1v) is 7.30. The zero-order valence-electron chi connectivity index (χ0n) is 10.7. The lowest BCUT2D eigenvalue weighted by Crippen LogP contribution is -2.14. The van der Waals surface area contributed by atoms with Crippen LogP contribution >= 0.6 is 0 Å². The fraction of sp³-hybridized carbons (Fsp3) is 0.0714. The largest absolute Gasteiger partial charge is 0.478 e. The van der Waals surface area contributed by atoms with Crippen LogP contribution in [0.25, 0.3) is 0 Å². The third-order valence-corrected chi connectivity index (χ3v) is 4.14. The Morgan fingerprint density at radius 3 is 2.45 bits per heavy atom. The second-order valence-electron chi connectivity index (χ2n) is 4.25. The van der Waals surface area contributed by atoms with Crippen molar-refractivity contribution in [3.63, 3.8) is 0 Å². The smallest absolute Gasteiger partial charge is 0.335 e. The minimum atomic E-state index is -3.81. The third kappa shape index (κ3) is 2.97. The van der Waals surface area contributed by atoms with E-state index >= 15 is 0 Å². The maximum absolute atomic E-state index is 12.2. The molecule has 0 spiro atoms. The second-order valence-corrected chi connectivity index (χ2v) is 5.94. The molecule has 0 aliphatic rings. The van der Waals surface area contributed by atoms with Crippen molar-refractivity contribution in [1.29, 1.82) is 0 Å². The molecule has 0 aliphatic heterocycles. The van der Waals surface area contributed by atoms with E-state index in [9.17, 15) is 13.2 Å². The van der Waals surface area contributed by atoms with Crippen molar-refractivity contribution in [2.75, 3.05) is 4.72 Å². The second kappa shape index (κ2) is 5.34. The SMILES string of the molecule is Cc1ccccc1NS(=O)(=O)c1cccc(C(=O)O)c1. The van der Waals surface area contributed by atoms with Gasteiger partial charge in [-0.2, -0.15) is 0 Å². The first kappa shape index (κ1) is 14.1. The predicted octanol–water partition coefficient (Wildman–Crippen LogP) is 2.49. The maximum atomic E-state index is 12.2. The van der Waals surface area contributed by atoms with Crippen LogP contribution < -0.4 is 4.72 Å². The van der Waals surface area contributed by atoms with Gasteiger partial charge in [-0.3, -0.25) is 4.72 Å². The van der Waals surface area contributed by atoms with E-state index in [2.05, 4.69) is 4.72 Å². The Labute approximate surface area is 116 Å². The standard InChI is InChI=1S/C14H13NO4S/c1-10-5-2-3-8-13(10)15-20(18,19)12-7-4-6-11(9-12)14(16)17/h2-9,15H,1H3,(H,16,17). The Hall–Kier alpha value is -2.34. The molecule has 0 saturated carbocycles. The van der Waals surface area contributed by atoms with Crippen LogP contribution in [0.2, 0.25) is 0 Å². The van der Waals surface area contributed by atoms with E-state index in [1.54, 1.807) is 31.2 Å². The van der Waals surface area contributed by atoms with Gasteiger partial charge < -0.3 is 5.11 Å². The van der Waals surface area contributed by atoms with Crippen molar-refractivity contribution in [1.82, 2.24) is 0 Å². The van der Waals surface area contributed by atoms with Gasteiger partial charge in [-0.05, 0) is 36.8 Å². The van der Waals surface area contributed by atoms with Crippen LogP contribution in [-0.4, -0.2) is 19.5 Å². The van der Waals surface area contributed by atoms with E-state index < -0.39 is 16.0 Å². The third-order valence-electron chi connectivity index (χ3n) is 2.78. The highest BCUT2D eigenvalue weighted by Gasteiger charge is 2.16. The first-order valence-electron chi connectivity index (χ1n) is 5.82. The number of hydrogen-bond donors (Lipinski definition) is 2. The number of rotatable bonds is 4. The number of nitrogens with one attached hydrogen (secondary N) is 1. The molecule has 0 unspecified atom stereocenters. The molecular formula is C14H13NO4S. The summed E-state index contributed by atoms with van der Waals surface area (Å²) in [6.45, 7) is 1.78. The van der Waals surface area contributed by atoms with Crippen LogP contribution in [0.1, 0.15) is 15.9 Å². The number of benzene rings is 2. The highest BCUT2D eigenvalue weighted by molar-refractivity contribution is 7.92. The predicted molar refractivity (Wildman–Crippen MR) is 75.4 cm³/mol. The van der Waals surface area contributed by atoms with Crippen LogP contribution in [0.5, 0.6) is 0 Å². The summed E-state index contributed by atoms with van der Waals surface area (Å²) in [5, 5.41) is 8.89. The molecule has 0 aliphatic carbocycles. The number of aromatic carboxylic acids is 1. The van der Waals surface area contributed by atoms with Crippen LogP contribution in [0, 0.1) is 6.92 Å². The van der Waals surface area contributed by atoms with E-state index in [0.29, 0.717) is 5.69 Å². The average Bonchev–Trinajstić information content (AvgIpc) is 2.41. The number of aryl methyl sites for hydroxylation is 1. The van der Waals surface area contributed by atoms with Gasteiger partial charge in [0.2, 0.25) is 0 Å². The molecule has 0 amide bonds. The summed E-state index contributed by atoms with van der Waals surface area (Å²) in [4.78, 5) is 10.8. The highest BCUT2D eigenvalue weighted by Crippen LogP contribution is 2.19. The summed E-state index contributed by atoms with van der Waals surface area (Å²) in [5.74, 6) is -1.17. The van der Waals surface area contributed by atoms with Gasteiger partial charge in [0.15, 0.2) is 0 Å². The van der Waals surface area contributed by atoms with Crippen LogP contribution in [0.15, 0.2) is 53.4 Å². The molecule has 2 N–H and O–H groups in total. The molecule has 5 nitrogen and oxygen atoms in total. The van der Waals surface area contributed by atoms with Gasteiger partial charge in [-0.15, -0.1) is 0 Å². The van der Waals surface area contributed by atoms with E-state index in [1.165, 1.54) is 18.2 Å². The lowest BCUT2D eigenvalue weighted by Gasteiger charge is -2.10. The van der Waals surface area contributed by atoms with E-state index in [4.69, 9.17) is 5.11 Å². The number of carboxylic acids is 1. The summed E-state index contributed by atoms with van der Waals surface area (Å²) in [6, 6.07) is 12.2. The monoisotopic (exact) mass is 291 g/mol. The molecule has 20 heavy (non-hydrogen) atoms. The van der Waals surface area contributed by atoms with E-state index in [1.807, 2.05) is 0 Å². The van der Waals surface area contributed by atoms with Crippen molar-refractivity contribution in [2.24, 2.45) is 0 Å². The van der Waals surface area contributed by atoms with Crippen molar-refractivity contribution >= 4 is 21.7 Å². The van der Waals surface area contributed by atoms with Gasteiger partial charge in [-0.25, -0.2) is 13.2 Å². The molecule has 2 aromatic rings. The van der Waals surface area contributed by atoms with Crippen LogP contribution in [0.4, 0.5) is 5.69 Å². The molecule has 0 aromatic heterocycles. The fourth-order valence-electron chi connectivity index (χ4n) is 1.69. The minimum Gasteiger partial charge on any atom is -0.478 e. The van der Waals surface area contributed by atoms with Gasteiger partial charge in [-0.1, -0.05) is 24.3 Å². The molecule has 0 bridgehead atoms. The Morgan fingerprint density at radius 1 is 1.10 bits per heavy atom.